The number of alkyl halides is 3. The van der Waals surface area contributed by atoms with Crippen molar-refractivity contribution in [2.45, 2.75) is 18.9 Å². The normalized spacial score (nSPS) is 11.3. The minimum atomic E-state index is -4.35. The molecule has 2 N–H and O–H groups in total. The number of sulfone groups is 1. The maximum Gasteiger partial charge on any atom is 0.416 e. The predicted molar refractivity (Wildman–Crippen MR) is 533 cm³/mol. The Bertz CT molecular complexity index is 8780. The predicted octanol–water partition coefficient (Wildman–Crippen LogP) is 26.4. The highest BCUT2D eigenvalue weighted by Gasteiger charge is 2.30. The molecule has 0 saturated heterocycles. The number of aromatic amines is 2. The fourth-order valence-corrected chi connectivity index (χ4v) is 17.2. The molecule has 24 aromatic rings. The van der Waals surface area contributed by atoms with Crippen molar-refractivity contribution in [2.75, 3.05) is 6.26 Å². The number of nitrogens with one attached hydrogen (secondary N) is 2. The van der Waals surface area contributed by atoms with E-state index in [-0.39, 0.29) is 23.2 Å². The van der Waals surface area contributed by atoms with Crippen LogP contribution in [0.2, 0.25) is 0 Å². The summed E-state index contributed by atoms with van der Waals surface area (Å²) in [7, 11) is -3.09. The zero-order valence-electron chi connectivity index (χ0n) is 74.9. The van der Waals surface area contributed by atoms with Crippen molar-refractivity contribution < 1.29 is 43.5 Å². The Kier molecular flexibility index (Phi) is 26.5. The van der Waals surface area contributed by atoms with E-state index < -0.39 is 33.2 Å². The molecule has 690 valence electrons. The topological polar surface area (TPSA) is 238 Å². The van der Waals surface area contributed by atoms with E-state index in [1.54, 1.807) is 105 Å². The summed E-state index contributed by atoms with van der Waals surface area (Å²) >= 11 is 0. The summed E-state index contributed by atoms with van der Waals surface area (Å²) in [6, 6.07) is 85.1. The Morgan fingerprint density at radius 3 is 1.09 bits per heavy atom. The first kappa shape index (κ1) is 91.8. The number of imidazole rings is 4. The summed E-state index contributed by atoms with van der Waals surface area (Å²) in [5.41, 5.74) is 25.7. The number of aryl methyl sites for hydroxylation is 1. The minimum Gasteiger partial charge on any atom is -0.306 e. The van der Waals surface area contributed by atoms with E-state index in [4.69, 9.17) is 0 Å². The van der Waals surface area contributed by atoms with Crippen molar-refractivity contribution >= 4 is 54.2 Å². The molecule has 0 aliphatic heterocycles. The molecule has 16 heterocycles. The summed E-state index contributed by atoms with van der Waals surface area (Å²) in [5, 5.41) is 15.9. The molecule has 0 aliphatic rings. The number of fused-ring (bicyclic) bond motifs is 6. The molecule has 16 aromatic heterocycles. The van der Waals surface area contributed by atoms with Crippen LogP contribution in [0.4, 0.5) is 35.1 Å². The Balaban J connectivity index is 0.000000108. The van der Waals surface area contributed by atoms with E-state index >= 15 is 0 Å². The fraction of sp³-hybridized carbons (Fsp3) is 0.0357. The largest absolute Gasteiger partial charge is 0.416 e. The number of nitrogens with zero attached hydrogens (tertiary/aromatic N) is 16. The second-order valence-electron chi connectivity index (χ2n) is 32.6. The van der Waals surface area contributed by atoms with Gasteiger partial charge in [-0.15, -0.1) is 0 Å². The van der Waals surface area contributed by atoms with Crippen molar-refractivity contribution in [3.05, 3.63) is 461 Å². The third-order valence-electron chi connectivity index (χ3n) is 23.1. The van der Waals surface area contributed by atoms with Gasteiger partial charge in [-0.1, -0.05) is 115 Å². The Hall–Kier alpha value is -18.3. The highest BCUT2D eigenvalue weighted by molar-refractivity contribution is 7.89. The van der Waals surface area contributed by atoms with Gasteiger partial charge in [0.2, 0.25) is 0 Å². The molecule has 20 nitrogen and oxygen atoms in total. The van der Waals surface area contributed by atoms with Gasteiger partial charge in [-0.2, -0.15) is 23.4 Å². The molecule has 0 saturated carbocycles. The van der Waals surface area contributed by atoms with Gasteiger partial charge in [0.05, 0.1) is 68.9 Å². The maximum absolute atomic E-state index is 14.3. The van der Waals surface area contributed by atoms with Crippen LogP contribution in [-0.4, -0.2) is 103 Å². The second-order valence-corrected chi connectivity index (χ2v) is 34.8. The maximum atomic E-state index is 14.3. The third-order valence-corrected chi connectivity index (χ3v) is 23.9. The summed E-state index contributed by atoms with van der Waals surface area (Å²) in [6.07, 6.45) is 33.0. The van der Waals surface area contributed by atoms with Crippen LogP contribution in [0, 0.1) is 36.0 Å². The molecule has 141 heavy (non-hydrogen) atoms. The number of pyridine rings is 10. The van der Waals surface area contributed by atoms with Gasteiger partial charge < -0.3 is 17.6 Å². The van der Waals surface area contributed by atoms with Gasteiger partial charge >= 0.3 is 6.18 Å². The fourth-order valence-electron chi connectivity index (χ4n) is 16.4. The van der Waals surface area contributed by atoms with E-state index in [0.29, 0.717) is 45.0 Å². The lowest BCUT2D eigenvalue weighted by atomic mass is 9.98. The lowest BCUT2D eigenvalue weighted by Crippen LogP contribution is -2.04. The van der Waals surface area contributed by atoms with E-state index in [0.717, 1.165) is 169 Å². The van der Waals surface area contributed by atoms with Crippen LogP contribution in [0.1, 0.15) is 16.7 Å². The first-order chi connectivity index (χ1) is 68.6. The molecule has 24 rings (SSSR count). The SMILES string of the molecule is CS(=O)(=O)Cc1cccc(-c2ncccc2-c2ccc3nccn3c2)c1.Cc1ccc(F)c(-c2ncccc2-c2ccc3nccn3c2)c1.FC(F)(F)c1ccc(-c2ncccc2-c2ccc3nccn3c2)cc1.Fc1ccc(-c2ncccc2-c2ccc3[nH]ncc3c2)cc1F.Fc1cccc(-c2ncccc2-c2ccc3nccn3c2)c1.Fc1ccccc1-c1ncccc1-c1ccc2[nH]ncc2c1. The molecule has 0 unspecified atom stereocenters. The van der Waals surface area contributed by atoms with Crippen LogP contribution in [0.5, 0.6) is 0 Å². The van der Waals surface area contributed by atoms with Gasteiger partial charge in [0.25, 0.3) is 0 Å². The summed E-state index contributed by atoms with van der Waals surface area (Å²) in [6.45, 7) is 1.95. The number of benzene rings is 8. The average Bonchev–Trinajstić information content (AvgIpc) is 1.80. The van der Waals surface area contributed by atoms with Crippen LogP contribution in [0.3, 0.4) is 0 Å². The van der Waals surface area contributed by atoms with E-state index in [1.165, 1.54) is 48.7 Å². The van der Waals surface area contributed by atoms with Crippen LogP contribution < -0.4 is 0 Å². The summed E-state index contributed by atoms with van der Waals surface area (Å²) in [4.78, 5) is 43.5. The molecule has 8 aromatic carbocycles. The van der Waals surface area contributed by atoms with Crippen molar-refractivity contribution in [3.63, 3.8) is 0 Å². The molecule has 0 aliphatic carbocycles. The van der Waals surface area contributed by atoms with Gasteiger partial charge in [0.15, 0.2) is 21.5 Å². The Morgan fingerprint density at radius 2 is 0.652 bits per heavy atom. The first-order valence-electron chi connectivity index (χ1n) is 44.1. The zero-order chi connectivity index (χ0) is 97.1. The highest BCUT2D eigenvalue weighted by Crippen LogP contribution is 2.41. The summed E-state index contributed by atoms with van der Waals surface area (Å²) < 4.78 is 138. The number of hydrogen-bond acceptors (Lipinski definition) is 14. The van der Waals surface area contributed by atoms with Crippen LogP contribution in [0.25, 0.3) is 179 Å². The van der Waals surface area contributed by atoms with Crippen LogP contribution in [0.15, 0.2) is 415 Å². The van der Waals surface area contributed by atoms with Gasteiger partial charge in [0, 0.05) is 218 Å². The Morgan fingerprint density at radius 1 is 0.291 bits per heavy atom. The lowest BCUT2D eigenvalue weighted by Gasteiger charge is -2.11. The van der Waals surface area contributed by atoms with Gasteiger partial charge in [-0.25, -0.2) is 50.3 Å². The average molecular weight is 1890 g/mol. The number of rotatable bonds is 14. The molecule has 0 bridgehead atoms. The standard InChI is InChI=1S/C20H17N3O2S.C19H12F3N3.C19H14FN3.C18H11F2N3.2C18H12FN3/c1-26(24,25)14-15-4-2-5-16(12-15)20-18(6-3-9-22-20)17-7-8-19-21-10-11-23(19)13-17;20-19(21,22)15-6-3-13(4-7-15)18-16(2-1-9-24-18)14-5-8-17-23-10-11-25(17)12-14;1-13-4-6-17(20)16(11-13)19-15(3-2-8-22-19)14-5-7-18-21-9-10-23(18)12-14;19-15-5-3-12(9-16(15)20)18-14(2-1-7-21-18)11-4-6-17-13(8-11)10-22-23-17;19-15-4-1-3-13(11-15)18-16(5-2-8-21-18)14-6-7-17-20-9-10-22(17)12-14;19-16-6-2-1-4-15(16)18-14(5-3-9-20-18)12-7-8-17-13(10-12)11-21-22-17/h2-13H,14H2,1H3;1-12H;2-12H,1H3;1-10H,(H,22,23);1-12H;1-11H,(H,21,22). The first-order valence-corrected chi connectivity index (χ1v) is 46.1. The summed E-state index contributed by atoms with van der Waals surface area (Å²) in [5.74, 6) is -2.54. The monoisotopic (exact) mass is 1890 g/mol. The number of H-pyrrole nitrogens is 2. The molecule has 0 radical (unpaired) electrons. The molecule has 0 atom stereocenters. The zero-order valence-corrected chi connectivity index (χ0v) is 75.7. The van der Waals surface area contributed by atoms with Crippen LogP contribution >= 0.6 is 0 Å². The molecule has 0 spiro atoms. The highest BCUT2D eigenvalue weighted by atomic mass is 32.2. The Labute approximate surface area is 801 Å². The lowest BCUT2D eigenvalue weighted by molar-refractivity contribution is -0.137. The van der Waals surface area contributed by atoms with Crippen molar-refractivity contribution in [1.29, 1.82) is 0 Å². The molecular weight excluding hydrogens is 1810 g/mol. The van der Waals surface area contributed by atoms with E-state index in [9.17, 15) is 43.5 Å². The van der Waals surface area contributed by atoms with Gasteiger partial charge in [-0.3, -0.25) is 40.1 Å². The van der Waals surface area contributed by atoms with Crippen LogP contribution in [-0.2, 0) is 21.8 Å². The number of halogens is 8. The molecular formula is C112H78F8N18O2S. The van der Waals surface area contributed by atoms with Crippen molar-refractivity contribution in [2.24, 2.45) is 0 Å². The third kappa shape index (κ3) is 21.1. The van der Waals surface area contributed by atoms with Gasteiger partial charge in [-0.05, 0) is 206 Å². The van der Waals surface area contributed by atoms with Gasteiger partial charge in [0.1, 0.15) is 40.0 Å². The molecule has 0 amide bonds. The quantitative estimate of drug-likeness (QED) is 0.0963. The number of aromatic nitrogens is 18. The molecule has 29 heteroatoms. The van der Waals surface area contributed by atoms with E-state index in [1.807, 2.05) is 268 Å². The van der Waals surface area contributed by atoms with Crippen molar-refractivity contribution in [3.8, 4) is 134 Å². The smallest absolute Gasteiger partial charge is 0.306 e. The second kappa shape index (κ2) is 40.7. The minimum absolute atomic E-state index is 0.0179. The number of hydrogen-bond donors (Lipinski definition) is 2. The molecule has 0 fully saturated rings. The van der Waals surface area contributed by atoms with Crippen molar-refractivity contribution in [1.82, 2.24) is 87.8 Å². The van der Waals surface area contributed by atoms with E-state index in [2.05, 4.69) is 70.2 Å².